The number of hydrogen-bond donors (Lipinski definition) is 1. The third-order valence-corrected chi connectivity index (χ3v) is 3.53. The molecular formula is C13H23N3O. The third-order valence-electron chi connectivity index (χ3n) is 3.53. The molecule has 4 nitrogen and oxygen atoms in total. The van der Waals surface area contributed by atoms with E-state index in [2.05, 4.69) is 6.07 Å². The van der Waals surface area contributed by atoms with Crippen molar-refractivity contribution in [3.63, 3.8) is 0 Å². The van der Waals surface area contributed by atoms with Crippen molar-refractivity contribution in [3.8, 4) is 6.07 Å². The van der Waals surface area contributed by atoms with Crippen LogP contribution >= 0.6 is 0 Å². The van der Waals surface area contributed by atoms with E-state index in [9.17, 15) is 4.79 Å². The van der Waals surface area contributed by atoms with Crippen molar-refractivity contribution in [1.29, 1.82) is 5.26 Å². The Kier molecular flexibility index (Phi) is 5.43. The van der Waals surface area contributed by atoms with Crippen molar-refractivity contribution in [2.45, 2.75) is 45.1 Å². The first-order valence-electron chi connectivity index (χ1n) is 6.46. The highest BCUT2D eigenvalue weighted by atomic mass is 16.2. The quantitative estimate of drug-likeness (QED) is 0.756. The molecule has 96 valence electrons. The molecule has 3 unspecified atom stereocenters. The normalized spacial score (nSPS) is 26.7. The zero-order chi connectivity index (χ0) is 12.8. The van der Waals surface area contributed by atoms with Gasteiger partial charge in [0.1, 0.15) is 0 Å². The van der Waals surface area contributed by atoms with E-state index >= 15 is 0 Å². The summed E-state index contributed by atoms with van der Waals surface area (Å²) in [4.78, 5) is 13.9. The summed E-state index contributed by atoms with van der Waals surface area (Å²) in [5.74, 6) is -0.0548. The molecule has 0 aromatic heterocycles. The van der Waals surface area contributed by atoms with E-state index < -0.39 is 0 Å². The Labute approximate surface area is 104 Å². The van der Waals surface area contributed by atoms with E-state index in [0.717, 1.165) is 25.7 Å². The Hall–Kier alpha value is -1.08. The monoisotopic (exact) mass is 237 g/mol. The predicted molar refractivity (Wildman–Crippen MR) is 67.0 cm³/mol. The average Bonchev–Trinajstić information content (AvgIpc) is 2.52. The Bertz CT molecular complexity index is 298. The van der Waals surface area contributed by atoms with Gasteiger partial charge >= 0.3 is 0 Å². The van der Waals surface area contributed by atoms with Crippen molar-refractivity contribution in [3.05, 3.63) is 0 Å². The van der Waals surface area contributed by atoms with Gasteiger partial charge in [0.15, 0.2) is 0 Å². The van der Waals surface area contributed by atoms with Crippen LogP contribution in [-0.2, 0) is 4.79 Å². The van der Waals surface area contributed by atoms with E-state index in [1.165, 1.54) is 6.42 Å². The van der Waals surface area contributed by atoms with Gasteiger partial charge in [-0.25, -0.2) is 0 Å². The number of rotatable bonds is 3. The lowest BCUT2D eigenvalue weighted by molar-refractivity contribution is -0.135. The molecule has 1 amide bonds. The Morgan fingerprint density at radius 3 is 2.76 bits per heavy atom. The smallest absolute Gasteiger partial charge is 0.227 e. The Morgan fingerprint density at radius 1 is 1.47 bits per heavy atom. The zero-order valence-electron chi connectivity index (χ0n) is 10.9. The number of amides is 1. The van der Waals surface area contributed by atoms with Crippen LogP contribution in [0, 0.1) is 23.2 Å². The number of carbonyl (C=O) groups excluding carboxylic acids is 1. The lowest BCUT2D eigenvalue weighted by Gasteiger charge is -2.27. The summed E-state index contributed by atoms with van der Waals surface area (Å²) >= 11 is 0. The van der Waals surface area contributed by atoms with Gasteiger partial charge in [0.25, 0.3) is 0 Å². The van der Waals surface area contributed by atoms with Crippen LogP contribution in [-0.4, -0.2) is 30.4 Å². The molecule has 0 aromatic carbocycles. The lowest BCUT2D eigenvalue weighted by Crippen LogP contribution is -2.43. The second kappa shape index (κ2) is 6.61. The van der Waals surface area contributed by atoms with E-state index in [4.69, 9.17) is 11.0 Å². The molecule has 0 aromatic rings. The summed E-state index contributed by atoms with van der Waals surface area (Å²) in [5.41, 5.74) is 6.07. The minimum Gasteiger partial charge on any atom is -0.344 e. The molecule has 1 fully saturated rings. The highest BCUT2D eigenvalue weighted by Crippen LogP contribution is 2.23. The van der Waals surface area contributed by atoms with Crippen LogP contribution < -0.4 is 5.73 Å². The van der Waals surface area contributed by atoms with Gasteiger partial charge in [-0.15, -0.1) is 0 Å². The van der Waals surface area contributed by atoms with Crippen molar-refractivity contribution in [2.75, 3.05) is 13.6 Å². The molecule has 0 bridgehead atoms. The highest BCUT2D eigenvalue weighted by Gasteiger charge is 2.29. The van der Waals surface area contributed by atoms with Gasteiger partial charge in [0, 0.05) is 19.6 Å². The topological polar surface area (TPSA) is 70.1 Å². The molecule has 0 aliphatic heterocycles. The van der Waals surface area contributed by atoms with E-state index in [1.807, 2.05) is 6.92 Å². The standard InChI is InChI=1S/C13H23N3O/c1-10(8-14)9-16(2)13(17)11-6-4-3-5-7-12(11)15/h10-12H,3-7,9,15H2,1-2H3. The fraction of sp³-hybridized carbons (Fsp3) is 0.846. The minimum absolute atomic E-state index is 0.00941. The molecule has 0 saturated heterocycles. The molecule has 1 saturated carbocycles. The Morgan fingerprint density at radius 2 is 2.12 bits per heavy atom. The first kappa shape index (κ1) is 14.0. The van der Waals surface area contributed by atoms with Crippen LogP contribution in [0.2, 0.25) is 0 Å². The number of nitrogens with two attached hydrogens (primary N) is 1. The second-order valence-electron chi connectivity index (χ2n) is 5.16. The Balaban J connectivity index is 2.57. The maximum Gasteiger partial charge on any atom is 0.227 e. The van der Waals surface area contributed by atoms with Crippen LogP contribution in [0.1, 0.15) is 39.0 Å². The van der Waals surface area contributed by atoms with Crippen LogP contribution in [0.5, 0.6) is 0 Å². The largest absolute Gasteiger partial charge is 0.344 e. The summed E-state index contributed by atoms with van der Waals surface area (Å²) < 4.78 is 0. The van der Waals surface area contributed by atoms with Gasteiger partial charge in [-0.05, 0) is 19.8 Å². The molecule has 1 aliphatic carbocycles. The molecule has 17 heavy (non-hydrogen) atoms. The van der Waals surface area contributed by atoms with Crippen molar-refractivity contribution in [2.24, 2.45) is 17.6 Å². The third kappa shape index (κ3) is 4.01. The summed E-state index contributed by atoms with van der Waals surface area (Å²) in [7, 11) is 1.77. The summed E-state index contributed by atoms with van der Waals surface area (Å²) in [6, 6.07) is 2.14. The molecule has 0 spiro atoms. The van der Waals surface area contributed by atoms with Gasteiger partial charge in [0.2, 0.25) is 5.91 Å². The van der Waals surface area contributed by atoms with E-state index in [-0.39, 0.29) is 23.8 Å². The van der Waals surface area contributed by atoms with Gasteiger partial charge in [0.05, 0.1) is 17.9 Å². The minimum atomic E-state index is -0.119. The zero-order valence-corrected chi connectivity index (χ0v) is 10.9. The van der Waals surface area contributed by atoms with Gasteiger partial charge in [-0.2, -0.15) is 5.26 Å². The van der Waals surface area contributed by atoms with E-state index in [1.54, 1.807) is 11.9 Å². The second-order valence-corrected chi connectivity index (χ2v) is 5.16. The highest BCUT2D eigenvalue weighted by molar-refractivity contribution is 5.79. The van der Waals surface area contributed by atoms with Crippen molar-refractivity contribution < 1.29 is 4.79 Å². The number of nitriles is 1. The molecule has 1 rings (SSSR count). The van der Waals surface area contributed by atoms with Crippen molar-refractivity contribution >= 4 is 5.91 Å². The first-order valence-corrected chi connectivity index (χ1v) is 6.46. The molecular weight excluding hydrogens is 214 g/mol. The number of carbonyl (C=O) groups is 1. The lowest BCUT2D eigenvalue weighted by atomic mass is 9.94. The summed E-state index contributed by atoms with van der Waals surface area (Å²) in [6.07, 6.45) is 5.23. The van der Waals surface area contributed by atoms with Crippen LogP contribution in [0.25, 0.3) is 0 Å². The maximum absolute atomic E-state index is 12.2. The first-order chi connectivity index (χ1) is 8.06. The van der Waals surface area contributed by atoms with Gasteiger partial charge < -0.3 is 10.6 Å². The van der Waals surface area contributed by atoms with Crippen LogP contribution in [0.3, 0.4) is 0 Å². The fourth-order valence-corrected chi connectivity index (χ4v) is 2.47. The molecule has 1 aliphatic rings. The maximum atomic E-state index is 12.2. The SMILES string of the molecule is CC(C#N)CN(C)C(=O)C1CCCCCC1N. The number of hydrogen-bond acceptors (Lipinski definition) is 3. The van der Waals surface area contributed by atoms with Crippen LogP contribution in [0.15, 0.2) is 0 Å². The van der Waals surface area contributed by atoms with Crippen LogP contribution in [0.4, 0.5) is 0 Å². The molecule has 4 heteroatoms. The predicted octanol–water partition coefficient (Wildman–Crippen LogP) is 1.51. The van der Waals surface area contributed by atoms with Crippen molar-refractivity contribution in [1.82, 2.24) is 4.90 Å². The van der Waals surface area contributed by atoms with E-state index in [0.29, 0.717) is 6.54 Å². The molecule has 3 atom stereocenters. The van der Waals surface area contributed by atoms with Gasteiger partial charge in [-0.3, -0.25) is 4.79 Å². The number of nitrogens with zero attached hydrogens (tertiary/aromatic N) is 2. The summed E-state index contributed by atoms with van der Waals surface area (Å²) in [6.45, 7) is 2.33. The fourth-order valence-electron chi connectivity index (χ4n) is 2.47. The molecule has 0 heterocycles. The summed E-state index contributed by atoms with van der Waals surface area (Å²) in [5, 5.41) is 8.76. The molecule has 0 radical (unpaired) electrons. The average molecular weight is 237 g/mol. The van der Waals surface area contributed by atoms with Gasteiger partial charge in [-0.1, -0.05) is 19.3 Å². The molecule has 2 N–H and O–H groups in total.